The number of benzene rings is 1. The maximum atomic E-state index is 12.6. The van der Waals surface area contributed by atoms with Crippen molar-refractivity contribution in [3.8, 4) is 5.75 Å². The van der Waals surface area contributed by atoms with Crippen LogP contribution in [0.5, 0.6) is 5.75 Å². The van der Waals surface area contributed by atoms with Gasteiger partial charge in [0.25, 0.3) is 5.91 Å². The molecule has 0 unspecified atom stereocenters. The number of aliphatic carboxylic acids is 1. The molecule has 1 aliphatic heterocycles. The van der Waals surface area contributed by atoms with Gasteiger partial charge < -0.3 is 19.5 Å². The number of carbonyl (C=O) groups excluding carboxylic acids is 1. The van der Waals surface area contributed by atoms with Gasteiger partial charge in [0, 0.05) is 12.1 Å². The molecule has 124 valence electrons. The Morgan fingerprint density at radius 1 is 1.43 bits per heavy atom. The number of morpholine rings is 1. The van der Waals surface area contributed by atoms with Crippen molar-refractivity contribution in [2.75, 3.05) is 26.4 Å². The molecule has 0 aromatic heterocycles. The van der Waals surface area contributed by atoms with E-state index in [2.05, 4.69) is 0 Å². The average Bonchev–Trinajstić information content (AvgIpc) is 2.54. The molecule has 0 saturated carbocycles. The van der Waals surface area contributed by atoms with E-state index in [0.717, 1.165) is 5.57 Å². The van der Waals surface area contributed by atoms with Crippen molar-refractivity contribution in [2.24, 2.45) is 0 Å². The topological polar surface area (TPSA) is 76.1 Å². The summed E-state index contributed by atoms with van der Waals surface area (Å²) in [4.78, 5) is 25.2. The Morgan fingerprint density at radius 2 is 2.22 bits per heavy atom. The minimum Gasteiger partial charge on any atom is -0.490 e. The second kappa shape index (κ2) is 7.78. The summed E-state index contributed by atoms with van der Waals surface area (Å²) in [5.41, 5.74) is 1.56. The molecule has 6 heteroatoms. The molecule has 23 heavy (non-hydrogen) atoms. The van der Waals surface area contributed by atoms with Crippen LogP contribution in [0.15, 0.2) is 35.9 Å². The summed E-state index contributed by atoms with van der Waals surface area (Å²) in [6.07, 6.45) is 1.94. The average molecular weight is 319 g/mol. The number of carboxylic acids is 1. The van der Waals surface area contributed by atoms with Gasteiger partial charge in [0.2, 0.25) is 0 Å². The molecule has 1 aromatic carbocycles. The lowest BCUT2D eigenvalue weighted by Crippen LogP contribution is -2.52. The van der Waals surface area contributed by atoms with Gasteiger partial charge >= 0.3 is 5.97 Å². The van der Waals surface area contributed by atoms with Gasteiger partial charge in [-0.1, -0.05) is 11.6 Å². The van der Waals surface area contributed by atoms with Crippen molar-refractivity contribution in [3.63, 3.8) is 0 Å². The highest BCUT2D eigenvalue weighted by molar-refractivity contribution is 5.97. The molecule has 1 N–H and O–H groups in total. The van der Waals surface area contributed by atoms with Crippen LogP contribution < -0.4 is 4.74 Å². The maximum absolute atomic E-state index is 12.6. The zero-order valence-corrected chi connectivity index (χ0v) is 13.3. The van der Waals surface area contributed by atoms with Crippen molar-refractivity contribution in [1.29, 1.82) is 0 Å². The molecule has 2 rings (SSSR count). The van der Waals surface area contributed by atoms with Crippen molar-refractivity contribution >= 4 is 11.9 Å². The largest absolute Gasteiger partial charge is 0.490 e. The number of carbonyl (C=O) groups is 2. The van der Waals surface area contributed by atoms with Gasteiger partial charge in [-0.15, -0.1) is 0 Å². The molecule has 0 aliphatic carbocycles. The minimum atomic E-state index is -1.06. The summed E-state index contributed by atoms with van der Waals surface area (Å²) in [7, 11) is 0. The third-order valence-electron chi connectivity index (χ3n) is 3.50. The summed E-state index contributed by atoms with van der Waals surface area (Å²) in [5, 5.41) is 9.22. The molecule has 1 heterocycles. The number of hydrogen-bond donors (Lipinski definition) is 1. The molecular weight excluding hydrogens is 298 g/mol. The van der Waals surface area contributed by atoms with Gasteiger partial charge in [-0.25, -0.2) is 4.79 Å². The molecule has 1 atom stereocenters. The van der Waals surface area contributed by atoms with Crippen LogP contribution in [0.1, 0.15) is 24.2 Å². The lowest BCUT2D eigenvalue weighted by molar-refractivity contribution is -0.147. The smallest absolute Gasteiger partial charge is 0.328 e. The van der Waals surface area contributed by atoms with Gasteiger partial charge in [0.15, 0.2) is 6.04 Å². The number of amides is 1. The van der Waals surface area contributed by atoms with E-state index >= 15 is 0 Å². The lowest BCUT2D eigenvalue weighted by atomic mass is 10.1. The van der Waals surface area contributed by atoms with Gasteiger partial charge in [0.05, 0.1) is 13.2 Å². The Labute approximate surface area is 135 Å². The van der Waals surface area contributed by atoms with E-state index in [9.17, 15) is 14.7 Å². The number of allylic oxidation sites excluding steroid dienone is 1. The summed E-state index contributed by atoms with van der Waals surface area (Å²) < 4.78 is 10.7. The predicted octanol–water partition coefficient (Wildman–Crippen LogP) is 1.96. The van der Waals surface area contributed by atoms with Crippen molar-refractivity contribution in [1.82, 2.24) is 4.90 Å². The van der Waals surface area contributed by atoms with Crippen LogP contribution in [0, 0.1) is 0 Å². The summed E-state index contributed by atoms with van der Waals surface area (Å²) in [6, 6.07) is 5.83. The second-order valence-electron chi connectivity index (χ2n) is 5.55. The molecular formula is C17H21NO5. The first-order valence-electron chi connectivity index (χ1n) is 7.47. The lowest BCUT2D eigenvalue weighted by Gasteiger charge is -2.32. The van der Waals surface area contributed by atoms with Gasteiger partial charge in [0.1, 0.15) is 12.4 Å². The molecule has 0 radical (unpaired) electrons. The standard InChI is InChI=1S/C17H21NO5/c1-12(2)6-8-23-14-5-3-4-13(10-14)16(19)18-7-9-22-11-15(18)17(20)21/h3-6,10,15H,7-9,11H2,1-2H3,(H,20,21)/t15-/m1/s1. The molecule has 0 spiro atoms. The van der Waals surface area contributed by atoms with Gasteiger partial charge in [-0.05, 0) is 38.1 Å². The molecule has 1 aliphatic rings. The SMILES string of the molecule is CC(C)=CCOc1cccc(C(=O)N2CCOC[C@@H]2C(=O)O)c1. The zero-order chi connectivity index (χ0) is 16.8. The molecule has 6 nitrogen and oxygen atoms in total. The Morgan fingerprint density at radius 3 is 2.91 bits per heavy atom. The van der Waals surface area contributed by atoms with E-state index in [4.69, 9.17) is 9.47 Å². The predicted molar refractivity (Wildman–Crippen MR) is 84.6 cm³/mol. The highest BCUT2D eigenvalue weighted by Gasteiger charge is 2.33. The fourth-order valence-electron chi connectivity index (χ4n) is 2.24. The van der Waals surface area contributed by atoms with Crippen molar-refractivity contribution in [3.05, 3.63) is 41.5 Å². The number of carboxylic acid groups (broad SMARTS) is 1. The maximum Gasteiger partial charge on any atom is 0.328 e. The minimum absolute atomic E-state index is 0.0117. The van der Waals surface area contributed by atoms with E-state index in [0.29, 0.717) is 24.5 Å². The molecule has 1 saturated heterocycles. The van der Waals surface area contributed by atoms with Crippen molar-refractivity contribution < 1.29 is 24.2 Å². The third kappa shape index (κ3) is 4.56. The van der Waals surface area contributed by atoms with Crippen LogP contribution in [-0.4, -0.2) is 54.3 Å². The first-order valence-corrected chi connectivity index (χ1v) is 7.47. The van der Waals surface area contributed by atoms with Gasteiger partial charge in [-0.3, -0.25) is 4.79 Å². The Kier molecular flexibility index (Phi) is 5.76. The van der Waals surface area contributed by atoms with Crippen molar-refractivity contribution in [2.45, 2.75) is 19.9 Å². The van der Waals surface area contributed by atoms with Crippen LogP contribution in [0.4, 0.5) is 0 Å². The second-order valence-corrected chi connectivity index (χ2v) is 5.55. The fourth-order valence-corrected chi connectivity index (χ4v) is 2.24. The number of nitrogens with zero attached hydrogens (tertiary/aromatic N) is 1. The Hall–Kier alpha value is -2.34. The fraction of sp³-hybridized carbons (Fsp3) is 0.412. The summed E-state index contributed by atoms with van der Waals surface area (Å²) in [5.74, 6) is -0.809. The molecule has 1 aromatic rings. The number of hydrogen-bond acceptors (Lipinski definition) is 4. The molecule has 0 bridgehead atoms. The molecule has 1 amide bonds. The highest BCUT2D eigenvalue weighted by atomic mass is 16.5. The molecule has 1 fully saturated rings. The van der Waals surface area contributed by atoms with Gasteiger partial charge in [-0.2, -0.15) is 0 Å². The first-order chi connectivity index (χ1) is 11.0. The monoisotopic (exact) mass is 319 g/mol. The van der Waals surface area contributed by atoms with E-state index in [-0.39, 0.29) is 19.1 Å². The van der Waals surface area contributed by atoms with Crippen LogP contribution in [0.2, 0.25) is 0 Å². The van der Waals surface area contributed by atoms with E-state index < -0.39 is 12.0 Å². The Bertz CT molecular complexity index is 607. The quantitative estimate of drug-likeness (QED) is 0.840. The van der Waals surface area contributed by atoms with E-state index in [1.165, 1.54) is 4.90 Å². The summed E-state index contributed by atoms with van der Waals surface area (Å²) in [6.45, 7) is 5.00. The van der Waals surface area contributed by atoms with Crippen LogP contribution >= 0.6 is 0 Å². The number of rotatable bonds is 5. The zero-order valence-electron chi connectivity index (χ0n) is 13.3. The highest BCUT2D eigenvalue weighted by Crippen LogP contribution is 2.18. The first kappa shape index (κ1) is 17.0. The van der Waals surface area contributed by atoms with Crippen LogP contribution in [-0.2, 0) is 9.53 Å². The van der Waals surface area contributed by atoms with E-state index in [1.54, 1.807) is 24.3 Å². The van der Waals surface area contributed by atoms with Crippen LogP contribution in [0.3, 0.4) is 0 Å². The normalized spacial score (nSPS) is 17.5. The Balaban J connectivity index is 2.12. The van der Waals surface area contributed by atoms with E-state index in [1.807, 2.05) is 19.9 Å². The third-order valence-corrected chi connectivity index (χ3v) is 3.50. The van der Waals surface area contributed by atoms with Crippen LogP contribution in [0.25, 0.3) is 0 Å². The number of ether oxygens (including phenoxy) is 2. The summed E-state index contributed by atoms with van der Waals surface area (Å²) >= 11 is 0.